The molecule has 3 N–H and O–H groups in total. The molecule has 0 unspecified atom stereocenters. The van der Waals surface area contributed by atoms with Crippen molar-refractivity contribution in [3.63, 3.8) is 0 Å². The summed E-state index contributed by atoms with van der Waals surface area (Å²) >= 11 is 0. The normalized spacial score (nSPS) is 18.0. The number of aromatic nitrogens is 1. The van der Waals surface area contributed by atoms with E-state index in [4.69, 9.17) is 4.74 Å². The number of amides is 3. The van der Waals surface area contributed by atoms with Gasteiger partial charge in [-0.2, -0.15) is 0 Å². The molecule has 0 fully saturated rings. The lowest BCUT2D eigenvalue weighted by Crippen LogP contribution is -2.49. The molecule has 0 saturated heterocycles. The van der Waals surface area contributed by atoms with E-state index in [-0.39, 0.29) is 24.5 Å². The molecule has 3 aromatic rings. The molecular weight excluding hydrogens is 501 g/mol. The maximum absolute atomic E-state index is 13.6. The lowest BCUT2D eigenvalue weighted by atomic mass is 9.99. The predicted octanol–water partition coefficient (Wildman–Crippen LogP) is 4.22. The van der Waals surface area contributed by atoms with E-state index in [1.165, 1.54) is 24.3 Å². The zero-order chi connectivity index (χ0) is 27.9. The molecule has 4 rings (SSSR count). The van der Waals surface area contributed by atoms with E-state index >= 15 is 0 Å². The standard InChI is InChI=1S/C29H34FN5O4/c1-19-15-35(20(2)18-36)28(37)25-14-24(33-29(38)32-23-6-4-22(30)5-7-23)8-9-26(25)39-27(19)17-34(3)16-21-10-12-31-13-11-21/h4-14,19-20,27,36H,15-18H2,1-3H3,(H2,32,33,38)/t19-,20+,27+/m1/s1. The molecule has 1 aliphatic heterocycles. The van der Waals surface area contributed by atoms with Crippen LogP contribution in [0, 0.1) is 11.7 Å². The number of rotatable bonds is 8. The van der Waals surface area contributed by atoms with Gasteiger partial charge in [-0.25, -0.2) is 9.18 Å². The maximum Gasteiger partial charge on any atom is 0.323 e. The first-order valence-electron chi connectivity index (χ1n) is 12.9. The predicted molar refractivity (Wildman–Crippen MR) is 147 cm³/mol. The van der Waals surface area contributed by atoms with Gasteiger partial charge < -0.3 is 25.4 Å². The smallest absolute Gasteiger partial charge is 0.323 e. The topological polar surface area (TPSA) is 107 Å². The quantitative estimate of drug-likeness (QED) is 0.399. The summed E-state index contributed by atoms with van der Waals surface area (Å²) in [6.07, 6.45) is 3.29. The molecule has 2 heterocycles. The van der Waals surface area contributed by atoms with Crippen LogP contribution in [0.25, 0.3) is 0 Å². The second-order valence-electron chi connectivity index (χ2n) is 9.97. The first kappa shape index (κ1) is 28.0. The number of ether oxygens (including phenoxy) is 1. The fraction of sp³-hybridized carbons (Fsp3) is 0.345. The van der Waals surface area contributed by atoms with Crippen LogP contribution in [0.5, 0.6) is 5.75 Å². The van der Waals surface area contributed by atoms with E-state index in [1.54, 1.807) is 42.4 Å². The number of urea groups is 1. The van der Waals surface area contributed by atoms with Crippen LogP contribution in [-0.4, -0.2) is 70.7 Å². The molecule has 9 nitrogen and oxygen atoms in total. The number of pyridine rings is 1. The van der Waals surface area contributed by atoms with Crippen molar-refractivity contribution >= 4 is 23.3 Å². The molecule has 0 aliphatic carbocycles. The summed E-state index contributed by atoms with van der Waals surface area (Å²) in [4.78, 5) is 34.1. The van der Waals surface area contributed by atoms with Crippen LogP contribution >= 0.6 is 0 Å². The van der Waals surface area contributed by atoms with E-state index in [0.717, 1.165) is 5.56 Å². The third-order valence-corrected chi connectivity index (χ3v) is 6.72. The number of carbonyl (C=O) groups excluding carboxylic acids is 2. The number of benzene rings is 2. The van der Waals surface area contributed by atoms with Crippen LogP contribution in [0.2, 0.25) is 0 Å². The van der Waals surface area contributed by atoms with Gasteiger partial charge in [-0.15, -0.1) is 0 Å². The Balaban J connectivity index is 1.55. The molecule has 2 aromatic carbocycles. The van der Waals surface area contributed by atoms with Crippen LogP contribution in [0.4, 0.5) is 20.6 Å². The van der Waals surface area contributed by atoms with Gasteiger partial charge >= 0.3 is 6.03 Å². The summed E-state index contributed by atoms with van der Waals surface area (Å²) in [6.45, 7) is 5.38. The van der Waals surface area contributed by atoms with Crippen LogP contribution in [-0.2, 0) is 6.54 Å². The average molecular weight is 536 g/mol. The van der Waals surface area contributed by atoms with E-state index in [9.17, 15) is 19.1 Å². The highest BCUT2D eigenvalue weighted by Crippen LogP contribution is 2.31. The van der Waals surface area contributed by atoms with Crippen LogP contribution < -0.4 is 15.4 Å². The second-order valence-corrected chi connectivity index (χ2v) is 9.97. The van der Waals surface area contributed by atoms with Crippen LogP contribution in [0.15, 0.2) is 67.0 Å². The molecule has 0 saturated carbocycles. The third-order valence-electron chi connectivity index (χ3n) is 6.72. The maximum atomic E-state index is 13.6. The van der Waals surface area contributed by atoms with Crippen molar-refractivity contribution in [2.24, 2.45) is 5.92 Å². The van der Waals surface area contributed by atoms with E-state index in [2.05, 4.69) is 20.5 Å². The molecule has 3 atom stereocenters. The van der Waals surface area contributed by atoms with E-state index in [1.807, 2.05) is 26.1 Å². The number of halogens is 1. The molecule has 1 aromatic heterocycles. The number of carbonyl (C=O) groups is 2. The fourth-order valence-corrected chi connectivity index (χ4v) is 4.52. The average Bonchev–Trinajstić information content (AvgIpc) is 2.92. The Hall–Kier alpha value is -4.02. The number of hydrogen-bond donors (Lipinski definition) is 3. The molecule has 0 radical (unpaired) electrons. The molecule has 0 spiro atoms. The lowest BCUT2D eigenvalue weighted by molar-refractivity contribution is 0.0341. The summed E-state index contributed by atoms with van der Waals surface area (Å²) in [7, 11) is 2.02. The summed E-state index contributed by atoms with van der Waals surface area (Å²) in [5.74, 6) is -0.299. The van der Waals surface area contributed by atoms with Crippen LogP contribution in [0.1, 0.15) is 29.8 Å². The highest BCUT2D eigenvalue weighted by atomic mass is 19.1. The molecule has 0 bridgehead atoms. The van der Waals surface area contributed by atoms with Crippen molar-refractivity contribution in [2.75, 3.05) is 37.4 Å². The highest BCUT2D eigenvalue weighted by molar-refractivity contribution is 6.02. The van der Waals surface area contributed by atoms with Gasteiger partial charge in [0.2, 0.25) is 0 Å². The van der Waals surface area contributed by atoms with Crippen LogP contribution in [0.3, 0.4) is 0 Å². The van der Waals surface area contributed by atoms with Gasteiger partial charge in [0.15, 0.2) is 0 Å². The summed E-state index contributed by atoms with van der Waals surface area (Å²) in [5, 5.41) is 15.2. The number of likely N-dealkylation sites (N-methyl/N-ethyl adjacent to an activating group) is 1. The Labute approximate surface area is 227 Å². The highest BCUT2D eigenvalue weighted by Gasteiger charge is 2.33. The Bertz CT molecular complexity index is 1270. The molecule has 1 aliphatic rings. The molecule has 206 valence electrons. The van der Waals surface area contributed by atoms with Crippen molar-refractivity contribution in [1.29, 1.82) is 0 Å². The van der Waals surface area contributed by atoms with E-state index in [0.29, 0.717) is 42.3 Å². The third kappa shape index (κ3) is 7.30. The first-order chi connectivity index (χ1) is 18.7. The number of aliphatic hydroxyl groups is 1. The molecule has 39 heavy (non-hydrogen) atoms. The van der Waals surface area contributed by atoms with Gasteiger partial charge in [-0.1, -0.05) is 6.92 Å². The lowest BCUT2D eigenvalue weighted by Gasteiger charge is -2.38. The summed E-state index contributed by atoms with van der Waals surface area (Å²) < 4.78 is 19.6. The van der Waals surface area contributed by atoms with Crippen molar-refractivity contribution in [1.82, 2.24) is 14.8 Å². The van der Waals surface area contributed by atoms with Gasteiger partial charge in [-0.3, -0.25) is 14.7 Å². The van der Waals surface area contributed by atoms with Gasteiger partial charge in [0.1, 0.15) is 17.7 Å². The molecule has 3 amide bonds. The zero-order valence-corrected chi connectivity index (χ0v) is 22.3. The van der Waals surface area contributed by atoms with Gasteiger partial charge in [0, 0.05) is 49.3 Å². The van der Waals surface area contributed by atoms with Gasteiger partial charge in [-0.05, 0) is 74.1 Å². The number of fused-ring (bicyclic) bond motifs is 1. The van der Waals surface area contributed by atoms with Gasteiger partial charge in [0.05, 0.1) is 18.2 Å². The number of anilines is 2. The van der Waals surface area contributed by atoms with Crippen molar-refractivity contribution in [3.8, 4) is 5.75 Å². The Morgan fingerprint density at radius 1 is 1.15 bits per heavy atom. The largest absolute Gasteiger partial charge is 0.488 e. The number of nitrogens with zero attached hydrogens (tertiary/aromatic N) is 3. The number of aliphatic hydroxyl groups excluding tert-OH is 1. The Morgan fingerprint density at radius 2 is 1.82 bits per heavy atom. The Kier molecular flexibility index (Phi) is 9.11. The van der Waals surface area contributed by atoms with Gasteiger partial charge in [0.25, 0.3) is 5.91 Å². The molecule has 10 heteroatoms. The number of hydrogen-bond acceptors (Lipinski definition) is 6. The summed E-state index contributed by atoms with van der Waals surface area (Å²) in [6, 6.07) is 13.3. The van der Waals surface area contributed by atoms with E-state index < -0.39 is 17.9 Å². The fourth-order valence-electron chi connectivity index (χ4n) is 4.52. The zero-order valence-electron chi connectivity index (χ0n) is 22.3. The first-order valence-corrected chi connectivity index (χ1v) is 12.9. The minimum absolute atomic E-state index is 0.0183. The monoisotopic (exact) mass is 535 g/mol. The second kappa shape index (κ2) is 12.7. The minimum Gasteiger partial charge on any atom is -0.488 e. The minimum atomic E-state index is -0.536. The summed E-state index contributed by atoms with van der Waals surface area (Å²) in [5.41, 5.74) is 2.24. The van der Waals surface area contributed by atoms with Crippen molar-refractivity contribution in [2.45, 2.75) is 32.5 Å². The SMILES string of the molecule is C[C@@H]1CN([C@@H](C)CO)C(=O)c2cc(NC(=O)Nc3ccc(F)cc3)ccc2O[C@H]1CN(C)Cc1ccncc1. The Morgan fingerprint density at radius 3 is 2.51 bits per heavy atom. The number of nitrogens with one attached hydrogen (secondary N) is 2. The molecular formula is C29H34FN5O4. The van der Waals surface area contributed by atoms with Crippen molar-refractivity contribution < 1.29 is 23.8 Å². The van der Waals surface area contributed by atoms with Crippen molar-refractivity contribution in [3.05, 3.63) is 83.9 Å².